The largest absolute Gasteiger partial charge is 0.269 e. The maximum atomic E-state index is 11.3. The van der Waals surface area contributed by atoms with E-state index in [2.05, 4.69) is 4.98 Å². The minimum Gasteiger partial charge on any atom is -0.269 e. The van der Waals surface area contributed by atoms with E-state index in [4.69, 9.17) is 5.26 Å². The first kappa shape index (κ1) is 7.50. The van der Waals surface area contributed by atoms with Crippen LogP contribution in [0, 0.1) is 11.3 Å². The molecule has 13 heavy (non-hydrogen) atoms. The number of hydrogen-bond donors (Lipinski definition) is 0. The van der Waals surface area contributed by atoms with Crippen LogP contribution in [0.3, 0.4) is 0 Å². The number of fused-ring (bicyclic) bond motifs is 1. The molecule has 4 nitrogen and oxygen atoms in total. The second-order valence-corrected chi connectivity index (χ2v) is 2.52. The highest BCUT2D eigenvalue weighted by Gasteiger charge is 1.98. The van der Waals surface area contributed by atoms with Crippen LogP contribution in [-0.4, -0.2) is 9.38 Å². The maximum absolute atomic E-state index is 11.3. The molecule has 0 saturated heterocycles. The molecule has 2 aromatic heterocycles. The zero-order valence-corrected chi connectivity index (χ0v) is 6.64. The Morgan fingerprint density at radius 2 is 2.31 bits per heavy atom. The van der Waals surface area contributed by atoms with Gasteiger partial charge in [0.2, 0.25) is 0 Å². The Bertz CT molecular complexity index is 551. The first-order chi connectivity index (χ1) is 6.31. The van der Waals surface area contributed by atoms with Crippen molar-refractivity contribution in [3.63, 3.8) is 0 Å². The summed E-state index contributed by atoms with van der Waals surface area (Å²) in [5.41, 5.74) is 0.407. The second-order valence-electron chi connectivity index (χ2n) is 2.52. The van der Waals surface area contributed by atoms with Crippen LogP contribution in [0.25, 0.3) is 5.65 Å². The van der Waals surface area contributed by atoms with Crippen molar-refractivity contribution in [3.05, 3.63) is 46.5 Å². The van der Waals surface area contributed by atoms with Gasteiger partial charge in [-0.2, -0.15) is 5.26 Å². The van der Waals surface area contributed by atoms with Gasteiger partial charge in [-0.05, 0) is 12.1 Å². The zero-order valence-electron chi connectivity index (χ0n) is 6.64. The van der Waals surface area contributed by atoms with Gasteiger partial charge in [-0.3, -0.25) is 9.20 Å². The van der Waals surface area contributed by atoms with Gasteiger partial charge < -0.3 is 0 Å². The fourth-order valence-corrected chi connectivity index (χ4v) is 1.11. The van der Waals surface area contributed by atoms with E-state index in [0.29, 0.717) is 5.65 Å². The predicted octanol–water partition coefficient (Wildman–Crippen LogP) is 0.566. The summed E-state index contributed by atoms with van der Waals surface area (Å²) in [6.07, 6.45) is 1.62. The van der Waals surface area contributed by atoms with Crippen molar-refractivity contribution in [2.75, 3.05) is 0 Å². The third-order valence-corrected chi connectivity index (χ3v) is 1.69. The smallest absolute Gasteiger partial charge is 0.259 e. The molecule has 2 heterocycles. The van der Waals surface area contributed by atoms with Crippen LogP contribution >= 0.6 is 0 Å². The molecule has 0 unspecified atom stereocenters. The topological polar surface area (TPSA) is 58.2 Å². The first-order valence-corrected chi connectivity index (χ1v) is 3.70. The molecule has 0 spiro atoms. The molecule has 0 aliphatic rings. The summed E-state index contributed by atoms with van der Waals surface area (Å²) in [5, 5.41) is 8.56. The first-order valence-electron chi connectivity index (χ1n) is 3.70. The molecule has 0 atom stereocenters. The van der Waals surface area contributed by atoms with E-state index in [-0.39, 0.29) is 11.3 Å². The molecule has 0 saturated carbocycles. The predicted molar refractivity (Wildman–Crippen MR) is 46.2 cm³/mol. The van der Waals surface area contributed by atoms with Gasteiger partial charge in [0.25, 0.3) is 5.56 Å². The van der Waals surface area contributed by atoms with Crippen molar-refractivity contribution in [3.8, 4) is 6.07 Å². The van der Waals surface area contributed by atoms with Gasteiger partial charge in [-0.15, -0.1) is 0 Å². The Kier molecular flexibility index (Phi) is 1.57. The van der Waals surface area contributed by atoms with E-state index in [1.54, 1.807) is 24.4 Å². The zero-order chi connectivity index (χ0) is 9.26. The van der Waals surface area contributed by atoms with E-state index in [1.807, 2.05) is 6.07 Å². The van der Waals surface area contributed by atoms with Crippen molar-refractivity contribution in [2.24, 2.45) is 0 Å². The van der Waals surface area contributed by atoms with Crippen molar-refractivity contribution in [1.29, 1.82) is 5.26 Å². The molecule has 0 aromatic carbocycles. The fourth-order valence-electron chi connectivity index (χ4n) is 1.11. The van der Waals surface area contributed by atoms with Gasteiger partial charge in [0.05, 0.1) is 0 Å². The van der Waals surface area contributed by atoms with Gasteiger partial charge in [0.15, 0.2) is 0 Å². The van der Waals surface area contributed by atoms with Crippen LogP contribution in [-0.2, 0) is 0 Å². The van der Waals surface area contributed by atoms with Gasteiger partial charge in [0.1, 0.15) is 17.4 Å². The number of nitrogens with zero attached hydrogens (tertiary/aromatic N) is 3. The summed E-state index contributed by atoms with van der Waals surface area (Å²) >= 11 is 0. The Labute approximate surface area is 73.7 Å². The Morgan fingerprint density at radius 1 is 1.46 bits per heavy atom. The van der Waals surface area contributed by atoms with Gasteiger partial charge in [-0.25, -0.2) is 4.98 Å². The molecule has 0 aliphatic carbocycles. The van der Waals surface area contributed by atoms with Crippen molar-refractivity contribution >= 4 is 5.65 Å². The lowest BCUT2D eigenvalue weighted by molar-refractivity contribution is 1.03. The standard InChI is InChI=1S/C9H5N3O/c10-6-7-5-9(13)12-4-2-1-3-8(12)11-7/h1-5H. The van der Waals surface area contributed by atoms with Crippen LogP contribution in [0.15, 0.2) is 35.3 Å². The summed E-state index contributed by atoms with van der Waals surface area (Å²) < 4.78 is 1.39. The Balaban J connectivity index is 2.95. The molecule has 0 bridgehead atoms. The number of hydrogen-bond acceptors (Lipinski definition) is 3. The lowest BCUT2D eigenvalue weighted by Crippen LogP contribution is -2.13. The van der Waals surface area contributed by atoms with Crippen LogP contribution in [0.1, 0.15) is 5.69 Å². The molecular weight excluding hydrogens is 166 g/mol. The van der Waals surface area contributed by atoms with E-state index >= 15 is 0 Å². The molecule has 0 N–H and O–H groups in total. The summed E-state index contributed by atoms with van der Waals surface area (Å²) in [4.78, 5) is 15.3. The fraction of sp³-hybridized carbons (Fsp3) is 0. The SMILES string of the molecule is N#Cc1cc(=O)n2ccccc2n1. The third-order valence-electron chi connectivity index (χ3n) is 1.69. The number of aromatic nitrogens is 2. The van der Waals surface area contributed by atoms with Gasteiger partial charge in [0, 0.05) is 12.3 Å². The number of pyridine rings is 1. The molecule has 0 aliphatic heterocycles. The summed E-state index contributed by atoms with van der Waals surface area (Å²) in [6.45, 7) is 0. The Morgan fingerprint density at radius 3 is 3.08 bits per heavy atom. The monoisotopic (exact) mass is 171 g/mol. The van der Waals surface area contributed by atoms with E-state index in [0.717, 1.165) is 0 Å². The molecule has 62 valence electrons. The minimum absolute atomic E-state index is 0.149. The lowest BCUT2D eigenvalue weighted by Gasteiger charge is -1.97. The summed E-state index contributed by atoms with van der Waals surface area (Å²) in [6, 6.07) is 8.24. The highest BCUT2D eigenvalue weighted by atomic mass is 16.1. The van der Waals surface area contributed by atoms with E-state index in [9.17, 15) is 4.79 Å². The lowest BCUT2D eigenvalue weighted by atomic mass is 10.4. The number of rotatable bonds is 0. The van der Waals surface area contributed by atoms with Crippen LogP contribution in [0.4, 0.5) is 0 Å². The van der Waals surface area contributed by atoms with E-state index < -0.39 is 0 Å². The van der Waals surface area contributed by atoms with Crippen molar-refractivity contribution in [2.45, 2.75) is 0 Å². The minimum atomic E-state index is -0.234. The van der Waals surface area contributed by atoms with Gasteiger partial charge >= 0.3 is 0 Å². The molecular formula is C9H5N3O. The van der Waals surface area contributed by atoms with Gasteiger partial charge in [-0.1, -0.05) is 6.07 Å². The molecule has 2 rings (SSSR count). The third kappa shape index (κ3) is 1.16. The van der Waals surface area contributed by atoms with Crippen molar-refractivity contribution < 1.29 is 0 Å². The molecule has 4 heteroatoms. The normalized spacial score (nSPS) is 9.77. The second kappa shape index (κ2) is 2.72. The maximum Gasteiger partial charge on any atom is 0.259 e. The molecule has 0 amide bonds. The average Bonchev–Trinajstić information content (AvgIpc) is 2.18. The number of nitriles is 1. The molecule has 0 radical (unpaired) electrons. The van der Waals surface area contributed by atoms with Crippen LogP contribution in [0.2, 0.25) is 0 Å². The van der Waals surface area contributed by atoms with Crippen LogP contribution < -0.4 is 5.56 Å². The van der Waals surface area contributed by atoms with Crippen LogP contribution in [0.5, 0.6) is 0 Å². The molecule has 2 aromatic rings. The summed E-state index contributed by atoms with van der Waals surface area (Å²) in [5.74, 6) is 0. The highest BCUT2D eigenvalue weighted by molar-refractivity contribution is 5.40. The molecule has 0 fully saturated rings. The van der Waals surface area contributed by atoms with E-state index in [1.165, 1.54) is 10.5 Å². The van der Waals surface area contributed by atoms with Crippen molar-refractivity contribution in [1.82, 2.24) is 9.38 Å². The average molecular weight is 171 g/mol. The summed E-state index contributed by atoms with van der Waals surface area (Å²) in [7, 11) is 0. The highest BCUT2D eigenvalue weighted by Crippen LogP contribution is 1.96. The quantitative estimate of drug-likeness (QED) is 0.582. The Hall–Kier alpha value is -2.15.